The molecule has 0 unspecified atom stereocenters. The molecule has 1 atom stereocenters. The van der Waals surface area contributed by atoms with Crippen LogP contribution in [-0.2, 0) is 20.0 Å². The van der Waals surface area contributed by atoms with Crippen molar-refractivity contribution in [3.63, 3.8) is 0 Å². The van der Waals surface area contributed by atoms with Gasteiger partial charge in [-0.3, -0.25) is 0 Å². The minimum atomic E-state index is -3.97. The number of fused-ring (bicyclic) bond motifs is 1. The molecular formula is C13H23N3O5S3. The van der Waals surface area contributed by atoms with Crippen LogP contribution in [0.15, 0.2) is 15.2 Å². The van der Waals surface area contributed by atoms with Crippen LogP contribution in [0.5, 0.6) is 0 Å². The first-order chi connectivity index (χ1) is 11.1. The molecule has 4 N–H and O–H groups in total. The van der Waals surface area contributed by atoms with Gasteiger partial charge < -0.3 is 10.4 Å². The molecule has 0 saturated carbocycles. The van der Waals surface area contributed by atoms with Crippen LogP contribution in [-0.4, -0.2) is 52.5 Å². The molecule has 0 spiro atoms. The van der Waals surface area contributed by atoms with E-state index >= 15 is 0 Å². The molecule has 1 aromatic rings. The molecule has 0 saturated heterocycles. The van der Waals surface area contributed by atoms with Gasteiger partial charge in [-0.15, -0.1) is 11.3 Å². The highest BCUT2D eigenvalue weighted by Gasteiger charge is 2.39. The van der Waals surface area contributed by atoms with Gasteiger partial charge in [0.15, 0.2) is 0 Å². The van der Waals surface area contributed by atoms with E-state index in [1.807, 2.05) is 13.8 Å². The summed E-state index contributed by atoms with van der Waals surface area (Å²) in [6, 6.07) is 0.838. The maximum atomic E-state index is 12.7. The summed E-state index contributed by atoms with van der Waals surface area (Å²) in [5.41, 5.74) is 0. The Kier molecular flexibility index (Phi) is 6.06. The molecule has 8 nitrogen and oxygen atoms in total. The quantitative estimate of drug-likeness (QED) is 0.597. The summed E-state index contributed by atoms with van der Waals surface area (Å²) in [6.07, 6.45) is 0.317. The van der Waals surface area contributed by atoms with Crippen LogP contribution >= 0.6 is 11.3 Å². The van der Waals surface area contributed by atoms with Crippen molar-refractivity contribution < 1.29 is 21.9 Å². The summed E-state index contributed by atoms with van der Waals surface area (Å²) in [4.78, 5) is 0.460. The highest BCUT2D eigenvalue weighted by Crippen LogP contribution is 2.39. The van der Waals surface area contributed by atoms with E-state index in [2.05, 4.69) is 5.32 Å². The van der Waals surface area contributed by atoms with Gasteiger partial charge in [0.05, 0.1) is 10.9 Å². The van der Waals surface area contributed by atoms with Crippen molar-refractivity contribution in [3.8, 4) is 0 Å². The summed E-state index contributed by atoms with van der Waals surface area (Å²) >= 11 is 0.900. The number of primary sulfonamides is 1. The Balaban J connectivity index is 2.47. The lowest BCUT2D eigenvalue weighted by atomic mass is 10.1. The second-order valence-corrected chi connectivity index (χ2v) is 10.9. The highest BCUT2D eigenvalue weighted by molar-refractivity contribution is 7.92. The normalized spacial score (nSPS) is 21.1. The minimum Gasteiger partial charge on any atom is -0.396 e. The number of hydrogen-bond donors (Lipinski definition) is 3. The van der Waals surface area contributed by atoms with E-state index in [1.165, 1.54) is 4.31 Å². The van der Waals surface area contributed by atoms with Crippen LogP contribution in [0.3, 0.4) is 0 Å². The Morgan fingerprint density at radius 3 is 2.71 bits per heavy atom. The second kappa shape index (κ2) is 7.36. The summed E-state index contributed by atoms with van der Waals surface area (Å²) in [5.74, 6) is 0.357. The number of aliphatic hydroxyl groups excluding tert-OH is 1. The first-order valence-corrected chi connectivity index (χ1v) is 11.4. The van der Waals surface area contributed by atoms with E-state index in [-0.39, 0.29) is 34.8 Å². The Morgan fingerprint density at radius 2 is 2.17 bits per heavy atom. The molecule has 24 heavy (non-hydrogen) atoms. The summed E-state index contributed by atoms with van der Waals surface area (Å²) < 4.78 is 49.8. The molecule has 0 fully saturated rings. The highest BCUT2D eigenvalue weighted by atomic mass is 32.2. The monoisotopic (exact) mass is 397 g/mol. The third-order valence-corrected chi connectivity index (χ3v) is 8.34. The minimum absolute atomic E-state index is 0.0121. The number of sulfonamides is 2. The van der Waals surface area contributed by atoms with Crippen molar-refractivity contribution >= 4 is 31.4 Å². The maximum absolute atomic E-state index is 12.7. The van der Waals surface area contributed by atoms with Crippen LogP contribution in [0.1, 0.15) is 31.2 Å². The average Bonchev–Trinajstić information content (AvgIpc) is 2.91. The summed E-state index contributed by atoms with van der Waals surface area (Å²) in [5, 5.41) is 17.4. The van der Waals surface area contributed by atoms with Gasteiger partial charge >= 0.3 is 0 Å². The van der Waals surface area contributed by atoms with Crippen molar-refractivity contribution in [1.82, 2.24) is 9.62 Å². The number of nitrogens with zero attached hydrogens (tertiary/aromatic N) is 1. The van der Waals surface area contributed by atoms with E-state index < -0.39 is 20.0 Å². The largest absolute Gasteiger partial charge is 0.396 e. The number of aliphatic hydroxyl groups is 1. The lowest BCUT2D eigenvalue weighted by Crippen LogP contribution is -2.44. The van der Waals surface area contributed by atoms with E-state index in [9.17, 15) is 16.8 Å². The number of rotatable bonds is 7. The van der Waals surface area contributed by atoms with E-state index in [1.54, 1.807) is 0 Å². The van der Waals surface area contributed by atoms with Gasteiger partial charge in [-0.25, -0.2) is 22.0 Å². The Hall–Kier alpha value is -0.560. The molecule has 11 heteroatoms. The van der Waals surface area contributed by atoms with Crippen LogP contribution in [0.4, 0.5) is 0 Å². The molecule has 0 bridgehead atoms. The van der Waals surface area contributed by atoms with Crippen LogP contribution in [0.2, 0.25) is 0 Å². The van der Waals surface area contributed by atoms with Gasteiger partial charge in [-0.2, -0.15) is 4.31 Å². The molecule has 1 aliphatic heterocycles. The fourth-order valence-electron chi connectivity index (χ4n) is 2.47. The van der Waals surface area contributed by atoms with E-state index in [0.717, 1.165) is 17.4 Å². The second-order valence-electron chi connectivity index (χ2n) is 6.13. The predicted molar refractivity (Wildman–Crippen MR) is 91.7 cm³/mol. The molecule has 2 heterocycles. The van der Waals surface area contributed by atoms with Crippen molar-refractivity contribution in [1.29, 1.82) is 0 Å². The average molecular weight is 398 g/mol. The summed E-state index contributed by atoms with van der Waals surface area (Å²) in [7, 11) is -7.76. The lowest BCUT2D eigenvalue weighted by molar-refractivity contribution is 0.259. The third kappa shape index (κ3) is 4.15. The van der Waals surface area contributed by atoms with E-state index in [0.29, 0.717) is 23.8 Å². The zero-order valence-corrected chi connectivity index (χ0v) is 16.0. The van der Waals surface area contributed by atoms with Crippen molar-refractivity contribution in [2.45, 2.75) is 35.4 Å². The zero-order chi connectivity index (χ0) is 18.1. The molecule has 138 valence electrons. The van der Waals surface area contributed by atoms with Gasteiger partial charge in [-0.1, -0.05) is 13.8 Å². The Labute approximate surface area is 146 Å². The molecule has 2 rings (SSSR count). The Bertz CT molecular complexity index is 786. The summed E-state index contributed by atoms with van der Waals surface area (Å²) in [6.45, 7) is 4.99. The molecule has 1 aliphatic rings. The SMILES string of the molecule is CC(C)CN[C@@H]1CN(CCCO)S(=O)(=O)c2cc(S(N)(=O)=O)sc21. The topological polar surface area (TPSA) is 130 Å². The first-order valence-electron chi connectivity index (χ1n) is 7.58. The van der Waals surface area contributed by atoms with E-state index in [4.69, 9.17) is 10.2 Å². The van der Waals surface area contributed by atoms with Crippen LogP contribution in [0.25, 0.3) is 0 Å². The molecular weight excluding hydrogens is 374 g/mol. The zero-order valence-electron chi connectivity index (χ0n) is 13.6. The van der Waals surface area contributed by atoms with Gasteiger partial charge in [0, 0.05) is 24.6 Å². The molecule has 0 amide bonds. The van der Waals surface area contributed by atoms with Crippen molar-refractivity contribution in [2.24, 2.45) is 11.1 Å². The molecule has 0 aliphatic carbocycles. The number of nitrogens with two attached hydrogens (primary N) is 1. The molecule has 1 aromatic heterocycles. The van der Waals surface area contributed by atoms with Gasteiger partial charge in [0.25, 0.3) is 0 Å². The first kappa shape index (κ1) is 19.8. The van der Waals surface area contributed by atoms with Crippen molar-refractivity contribution in [2.75, 3.05) is 26.2 Å². The van der Waals surface area contributed by atoms with Crippen molar-refractivity contribution in [3.05, 3.63) is 10.9 Å². The number of nitrogens with one attached hydrogen (secondary N) is 1. The maximum Gasteiger partial charge on any atom is 0.247 e. The fraction of sp³-hybridized carbons (Fsp3) is 0.692. The van der Waals surface area contributed by atoms with Gasteiger partial charge in [0.2, 0.25) is 20.0 Å². The fourth-order valence-corrected chi connectivity index (χ4v) is 6.58. The molecule has 0 radical (unpaired) electrons. The van der Waals surface area contributed by atoms with Crippen LogP contribution < -0.4 is 10.5 Å². The predicted octanol–water partition coefficient (Wildman–Crippen LogP) is 0.0689. The number of thiophene rings is 1. The third-order valence-electron chi connectivity index (χ3n) is 3.64. The smallest absolute Gasteiger partial charge is 0.247 e. The number of hydrogen-bond acceptors (Lipinski definition) is 7. The van der Waals surface area contributed by atoms with Crippen LogP contribution in [0, 0.1) is 5.92 Å². The standard InChI is InChI=1S/C13H23N3O5S3/c1-9(2)7-15-10-8-16(4-3-5-17)24(20,21)11-6-12(22-13(10)11)23(14,18)19/h6,9-10,15,17H,3-5,7-8H2,1-2H3,(H2,14,18,19)/t10-/m1/s1. The molecule has 0 aromatic carbocycles. The van der Waals surface area contributed by atoms with Gasteiger partial charge in [-0.05, 0) is 24.9 Å². The lowest BCUT2D eigenvalue weighted by Gasteiger charge is -2.32. The van der Waals surface area contributed by atoms with Gasteiger partial charge in [0.1, 0.15) is 4.21 Å². The Morgan fingerprint density at radius 1 is 1.50 bits per heavy atom.